The molecule has 1 aliphatic rings. The molecule has 0 saturated heterocycles. The maximum atomic E-state index is 15.8. The van der Waals surface area contributed by atoms with Gasteiger partial charge in [0, 0.05) is 36.2 Å². The molecular weight excluding hydrogens is 720 g/mol. The number of halogens is 6. The molecule has 1 saturated carbocycles. The molecule has 3 aromatic rings. The minimum Gasteiger partial charge on any atom is -0.444 e. The number of ether oxygens (including phenoxy) is 1. The van der Waals surface area contributed by atoms with Gasteiger partial charge in [0.05, 0.1) is 18.7 Å². The number of nitrogens with one attached hydrogen (secondary N) is 2. The predicted octanol–water partition coefficient (Wildman–Crippen LogP) is 6.65. The first-order valence-electron chi connectivity index (χ1n) is 16.6. The zero-order chi connectivity index (χ0) is 39.1. The van der Waals surface area contributed by atoms with Gasteiger partial charge in [0.15, 0.2) is 10.5 Å². The Bertz CT molecular complexity index is 1950. The fraction of sp³-hybridized carbons (Fsp3) is 0.606. The topological polar surface area (TPSA) is 148 Å². The smallest absolute Gasteiger partial charge is 0.411 e. The summed E-state index contributed by atoms with van der Waals surface area (Å²) in [5.41, 5.74) is -3.15. The van der Waals surface area contributed by atoms with E-state index in [1.807, 2.05) is 0 Å². The standard InChI is InChI=1S/C33H43F6N7O5S/c1-17(2)45-27-23(43-25(28(45)47)18-13-21(35)26(22(36)14-18)52(49,50)41-12-11-33(37,38)39)16-40-29(44-27)42-19-9-10-24(20(34)15-19)46(31(3,4)5)30(48)51-32(6,7)8/h13-14,16-17,19-20,24,41H,9-12,15H2,1-8H3,(H,40,42,44). The number of benzene rings is 1. The minimum atomic E-state index is -5.03. The number of sulfonamides is 1. The van der Waals surface area contributed by atoms with Crippen molar-refractivity contribution < 1.29 is 44.3 Å². The molecule has 12 nitrogen and oxygen atoms in total. The Morgan fingerprint density at radius 3 is 2.19 bits per heavy atom. The molecule has 0 bridgehead atoms. The van der Waals surface area contributed by atoms with Gasteiger partial charge >= 0.3 is 12.3 Å². The van der Waals surface area contributed by atoms with E-state index < -0.39 is 104 Å². The highest BCUT2D eigenvalue weighted by Crippen LogP contribution is 2.34. The van der Waals surface area contributed by atoms with Crippen LogP contribution in [0.2, 0.25) is 0 Å². The molecule has 1 aromatic carbocycles. The Balaban J connectivity index is 1.61. The van der Waals surface area contributed by atoms with Crippen molar-refractivity contribution in [3.05, 3.63) is 40.3 Å². The van der Waals surface area contributed by atoms with Gasteiger partial charge in [-0.1, -0.05) is 0 Å². The molecule has 0 radical (unpaired) electrons. The normalized spacial score (nSPS) is 18.9. The van der Waals surface area contributed by atoms with Gasteiger partial charge in [-0.2, -0.15) is 18.2 Å². The van der Waals surface area contributed by atoms with Crippen molar-refractivity contribution in [3.8, 4) is 11.3 Å². The Kier molecular flexibility index (Phi) is 11.6. The van der Waals surface area contributed by atoms with Crippen LogP contribution in [0.15, 0.2) is 28.0 Å². The number of aromatic nitrogens is 4. The number of nitrogens with zero attached hydrogens (tertiary/aromatic N) is 5. The van der Waals surface area contributed by atoms with E-state index in [0.29, 0.717) is 25.0 Å². The summed E-state index contributed by atoms with van der Waals surface area (Å²) in [5.74, 6) is -3.25. The summed E-state index contributed by atoms with van der Waals surface area (Å²) in [6.45, 7) is 12.8. The van der Waals surface area contributed by atoms with E-state index in [0.717, 1.165) is 0 Å². The van der Waals surface area contributed by atoms with E-state index in [2.05, 4.69) is 20.3 Å². The first kappa shape index (κ1) is 40.8. The third-order valence-corrected chi connectivity index (χ3v) is 9.62. The number of hydrogen-bond acceptors (Lipinski definition) is 9. The lowest BCUT2D eigenvalue weighted by Crippen LogP contribution is -2.58. The van der Waals surface area contributed by atoms with Gasteiger partial charge in [-0.15, -0.1) is 0 Å². The molecule has 3 unspecified atom stereocenters. The molecule has 4 rings (SSSR count). The SMILES string of the molecule is CC(C)n1c(=O)c(-c2cc(F)c(S(=O)(=O)NCCC(F)(F)F)c(F)c2)nc2cnc(NC3CCC(N(C(=O)OC(C)(C)C)C(C)(C)C)C(F)C3)nc21. The van der Waals surface area contributed by atoms with E-state index in [1.165, 1.54) is 20.4 Å². The first-order valence-corrected chi connectivity index (χ1v) is 18.1. The van der Waals surface area contributed by atoms with Crippen molar-refractivity contribution >= 4 is 33.2 Å². The van der Waals surface area contributed by atoms with Crippen molar-refractivity contribution in [3.63, 3.8) is 0 Å². The van der Waals surface area contributed by atoms with Crippen LogP contribution in [-0.4, -0.2) is 81.0 Å². The van der Waals surface area contributed by atoms with Gasteiger partial charge < -0.3 is 10.1 Å². The van der Waals surface area contributed by atoms with Gasteiger partial charge in [0.2, 0.25) is 16.0 Å². The second-order valence-electron chi connectivity index (χ2n) is 14.9. The zero-order valence-corrected chi connectivity index (χ0v) is 30.8. The first-order chi connectivity index (χ1) is 23.8. The monoisotopic (exact) mass is 763 g/mol. The second kappa shape index (κ2) is 14.8. The molecule has 2 heterocycles. The summed E-state index contributed by atoms with van der Waals surface area (Å²) in [5, 5.41) is 3.09. The molecule has 0 spiro atoms. The fourth-order valence-corrected chi connectivity index (χ4v) is 7.16. The lowest BCUT2D eigenvalue weighted by atomic mass is 9.86. The van der Waals surface area contributed by atoms with Gasteiger partial charge in [-0.3, -0.25) is 14.3 Å². The van der Waals surface area contributed by atoms with E-state index in [1.54, 1.807) is 55.4 Å². The van der Waals surface area contributed by atoms with Crippen molar-refractivity contribution in [1.29, 1.82) is 0 Å². The molecule has 0 aliphatic heterocycles. The Hall–Kier alpha value is -4.00. The third-order valence-electron chi connectivity index (χ3n) is 8.11. The van der Waals surface area contributed by atoms with Crippen LogP contribution in [0.25, 0.3) is 22.4 Å². The summed E-state index contributed by atoms with van der Waals surface area (Å²) in [4.78, 5) is 39.6. The summed E-state index contributed by atoms with van der Waals surface area (Å²) < 4.78 is 117. The molecular formula is C33H43F6N7O5S. The van der Waals surface area contributed by atoms with Crippen LogP contribution in [0.3, 0.4) is 0 Å². The van der Waals surface area contributed by atoms with Crippen LogP contribution >= 0.6 is 0 Å². The van der Waals surface area contributed by atoms with Crippen molar-refractivity contribution in [2.45, 2.75) is 128 Å². The zero-order valence-electron chi connectivity index (χ0n) is 30.0. The van der Waals surface area contributed by atoms with Gasteiger partial charge in [-0.05, 0) is 80.4 Å². The van der Waals surface area contributed by atoms with Crippen LogP contribution in [0.4, 0.5) is 37.1 Å². The molecule has 2 N–H and O–H groups in total. The number of carbonyl (C=O) groups is 1. The van der Waals surface area contributed by atoms with E-state index in [9.17, 15) is 31.2 Å². The average molecular weight is 764 g/mol. The average Bonchev–Trinajstić information content (AvgIpc) is 2.95. The number of fused-ring (bicyclic) bond motifs is 1. The Morgan fingerprint density at radius 1 is 1.06 bits per heavy atom. The Morgan fingerprint density at radius 2 is 1.67 bits per heavy atom. The summed E-state index contributed by atoms with van der Waals surface area (Å²) >= 11 is 0. The predicted molar refractivity (Wildman–Crippen MR) is 181 cm³/mol. The molecule has 52 heavy (non-hydrogen) atoms. The molecule has 1 aliphatic carbocycles. The van der Waals surface area contributed by atoms with E-state index in [-0.39, 0.29) is 23.5 Å². The maximum Gasteiger partial charge on any atom is 0.411 e. The van der Waals surface area contributed by atoms with Crippen LogP contribution in [0, 0.1) is 11.6 Å². The highest BCUT2D eigenvalue weighted by Gasteiger charge is 2.43. The number of anilines is 1. The molecule has 288 valence electrons. The van der Waals surface area contributed by atoms with Crippen LogP contribution in [-0.2, 0) is 14.8 Å². The van der Waals surface area contributed by atoms with Crippen molar-refractivity contribution in [1.82, 2.24) is 29.1 Å². The lowest BCUT2D eigenvalue weighted by Gasteiger charge is -2.45. The largest absolute Gasteiger partial charge is 0.444 e. The number of carbonyl (C=O) groups excluding carboxylic acids is 1. The molecule has 1 fully saturated rings. The van der Waals surface area contributed by atoms with Gasteiger partial charge in [-0.25, -0.2) is 41.1 Å². The summed E-state index contributed by atoms with van der Waals surface area (Å²) in [6, 6.07) is -0.668. The minimum absolute atomic E-state index is 0.0102. The van der Waals surface area contributed by atoms with Crippen molar-refractivity contribution in [2.75, 3.05) is 11.9 Å². The number of amides is 1. The quantitative estimate of drug-likeness (QED) is 0.229. The van der Waals surface area contributed by atoms with Crippen LogP contribution in [0.1, 0.15) is 87.1 Å². The molecule has 3 atom stereocenters. The summed E-state index contributed by atoms with van der Waals surface area (Å²) in [7, 11) is -5.03. The van der Waals surface area contributed by atoms with Crippen LogP contribution in [0.5, 0.6) is 0 Å². The lowest BCUT2D eigenvalue weighted by molar-refractivity contribution is -0.132. The van der Waals surface area contributed by atoms with E-state index >= 15 is 13.2 Å². The fourth-order valence-electron chi connectivity index (χ4n) is 6.01. The van der Waals surface area contributed by atoms with E-state index in [4.69, 9.17) is 4.74 Å². The molecule has 2 aromatic heterocycles. The molecule has 19 heteroatoms. The highest BCUT2D eigenvalue weighted by atomic mass is 32.2. The van der Waals surface area contributed by atoms with Gasteiger partial charge in [0.1, 0.15) is 34.6 Å². The Labute approximate surface area is 297 Å². The van der Waals surface area contributed by atoms with Crippen molar-refractivity contribution in [2.24, 2.45) is 0 Å². The molecule has 1 amide bonds. The number of rotatable bonds is 9. The van der Waals surface area contributed by atoms with Gasteiger partial charge in [0.25, 0.3) is 5.56 Å². The number of hydrogen-bond donors (Lipinski definition) is 2. The highest BCUT2D eigenvalue weighted by molar-refractivity contribution is 7.89. The third kappa shape index (κ3) is 9.50. The van der Waals surface area contributed by atoms with Crippen LogP contribution < -0.4 is 15.6 Å². The second-order valence-corrected chi connectivity index (χ2v) is 16.6. The number of alkyl halides is 4. The summed E-state index contributed by atoms with van der Waals surface area (Å²) in [6.07, 6.45) is -6.29. The maximum absolute atomic E-state index is 15.8.